The molecular weight excluding hydrogens is 484 g/mol. The molecule has 31 heavy (non-hydrogen) atoms. The van der Waals surface area contributed by atoms with E-state index in [1.165, 1.54) is 20.4 Å². The lowest BCUT2D eigenvalue weighted by molar-refractivity contribution is 0.0954. The SMILES string of the molecule is COc1ccc(C(=O)N/N=C/c2cc(Br)ccc2OCc2ccccc2Cl)cc1OC. The number of amides is 1. The van der Waals surface area contributed by atoms with Crippen molar-refractivity contribution in [3.63, 3.8) is 0 Å². The van der Waals surface area contributed by atoms with Crippen LogP contribution in [0.15, 0.2) is 70.2 Å². The monoisotopic (exact) mass is 502 g/mol. The van der Waals surface area contributed by atoms with Crippen LogP contribution in [0.2, 0.25) is 5.02 Å². The molecule has 0 aliphatic rings. The first kappa shape index (κ1) is 22.7. The lowest BCUT2D eigenvalue weighted by Crippen LogP contribution is -2.17. The van der Waals surface area contributed by atoms with Gasteiger partial charge < -0.3 is 14.2 Å². The number of nitrogens with zero attached hydrogens (tertiary/aromatic N) is 1. The molecule has 0 saturated carbocycles. The molecule has 0 aliphatic heterocycles. The smallest absolute Gasteiger partial charge is 0.271 e. The number of hydrogen-bond acceptors (Lipinski definition) is 5. The number of methoxy groups -OCH3 is 2. The van der Waals surface area contributed by atoms with Gasteiger partial charge >= 0.3 is 0 Å². The summed E-state index contributed by atoms with van der Waals surface area (Å²) in [4.78, 5) is 12.4. The van der Waals surface area contributed by atoms with Crippen LogP contribution in [0.5, 0.6) is 17.2 Å². The predicted molar refractivity (Wildman–Crippen MR) is 125 cm³/mol. The first-order chi connectivity index (χ1) is 15.0. The van der Waals surface area contributed by atoms with Gasteiger partial charge in [0.2, 0.25) is 0 Å². The van der Waals surface area contributed by atoms with Crippen LogP contribution in [0.1, 0.15) is 21.5 Å². The highest BCUT2D eigenvalue weighted by Gasteiger charge is 2.10. The lowest BCUT2D eigenvalue weighted by atomic mass is 10.2. The quantitative estimate of drug-likeness (QED) is 0.327. The number of carbonyl (C=O) groups excluding carboxylic acids is 1. The molecule has 0 unspecified atom stereocenters. The molecule has 3 aromatic carbocycles. The normalized spacial score (nSPS) is 10.7. The Morgan fingerprint density at radius 1 is 1.03 bits per heavy atom. The van der Waals surface area contributed by atoms with E-state index in [9.17, 15) is 4.79 Å². The molecule has 0 atom stereocenters. The van der Waals surface area contributed by atoms with Crippen LogP contribution in [-0.4, -0.2) is 26.3 Å². The van der Waals surface area contributed by atoms with Crippen molar-refractivity contribution in [1.82, 2.24) is 5.43 Å². The fourth-order valence-electron chi connectivity index (χ4n) is 2.73. The van der Waals surface area contributed by atoms with Crippen LogP contribution in [0.25, 0.3) is 0 Å². The average Bonchev–Trinajstić information content (AvgIpc) is 2.79. The maximum Gasteiger partial charge on any atom is 0.271 e. The van der Waals surface area contributed by atoms with Gasteiger partial charge in [-0.25, -0.2) is 5.43 Å². The molecular formula is C23H20BrClN2O4. The second-order valence-electron chi connectivity index (χ2n) is 6.33. The molecule has 0 aliphatic carbocycles. The Labute approximate surface area is 193 Å². The van der Waals surface area contributed by atoms with Crippen LogP contribution in [0.3, 0.4) is 0 Å². The Balaban J connectivity index is 1.71. The molecule has 3 rings (SSSR count). The van der Waals surface area contributed by atoms with E-state index in [1.807, 2.05) is 42.5 Å². The Morgan fingerprint density at radius 2 is 1.77 bits per heavy atom. The van der Waals surface area contributed by atoms with E-state index in [2.05, 4.69) is 26.5 Å². The largest absolute Gasteiger partial charge is 0.493 e. The zero-order valence-electron chi connectivity index (χ0n) is 16.9. The van der Waals surface area contributed by atoms with Crippen molar-refractivity contribution < 1.29 is 19.0 Å². The van der Waals surface area contributed by atoms with Crippen molar-refractivity contribution in [2.24, 2.45) is 5.10 Å². The van der Waals surface area contributed by atoms with E-state index >= 15 is 0 Å². The fraction of sp³-hybridized carbons (Fsp3) is 0.130. The molecule has 0 fully saturated rings. The average molecular weight is 504 g/mol. The topological polar surface area (TPSA) is 69.2 Å². The highest BCUT2D eigenvalue weighted by Crippen LogP contribution is 2.27. The number of ether oxygens (including phenoxy) is 3. The number of benzene rings is 3. The summed E-state index contributed by atoms with van der Waals surface area (Å²) >= 11 is 9.63. The van der Waals surface area contributed by atoms with Gasteiger partial charge in [-0.15, -0.1) is 0 Å². The molecule has 1 N–H and O–H groups in total. The third kappa shape index (κ3) is 5.99. The highest BCUT2D eigenvalue weighted by molar-refractivity contribution is 9.10. The maximum atomic E-state index is 12.4. The molecule has 0 saturated heterocycles. The summed E-state index contributed by atoms with van der Waals surface area (Å²) in [6.45, 7) is 0.306. The van der Waals surface area contributed by atoms with Gasteiger partial charge in [0.05, 0.1) is 20.4 Å². The van der Waals surface area contributed by atoms with Crippen molar-refractivity contribution in [1.29, 1.82) is 0 Å². The molecule has 0 heterocycles. The minimum Gasteiger partial charge on any atom is -0.493 e. The van der Waals surface area contributed by atoms with Crippen LogP contribution >= 0.6 is 27.5 Å². The predicted octanol–water partition coefficient (Wildman–Crippen LogP) is 5.46. The van der Waals surface area contributed by atoms with Crippen molar-refractivity contribution in [3.8, 4) is 17.2 Å². The second kappa shape index (κ2) is 10.8. The first-order valence-corrected chi connectivity index (χ1v) is 10.4. The van der Waals surface area contributed by atoms with Gasteiger partial charge in [0.1, 0.15) is 12.4 Å². The molecule has 3 aromatic rings. The van der Waals surface area contributed by atoms with Crippen LogP contribution in [-0.2, 0) is 6.61 Å². The summed E-state index contributed by atoms with van der Waals surface area (Å²) in [6, 6.07) is 17.9. The number of rotatable bonds is 8. The van der Waals surface area contributed by atoms with Gasteiger partial charge in [-0.05, 0) is 42.5 Å². The van der Waals surface area contributed by atoms with Crippen LogP contribution in [0, 0.1) is 0 Å². The molecule has 0 spiro atoms. The van der Waals surface area contributed by atoms with E-state index in [0.29, 0.717) is 40.0 Å². The van der Waals surface area contributed by atoms with Gasteiger partial charge in [0.25, 0.3) is 5.91 Å². The summed E-state index contributed by atoms with van der Waals surface area (Å²) < 4.78 is 17.2. The summed E-state index contributed by atoms with van der Waals surface area (Å²) in [5.74, 6) is 1.22. The van der Waals surface area contributed by atoms with Gasteiger partial charge in [-0.3, -0.25) is 4.79 Å². The molecule has 160 valence electrons. The molecule has 0 aromatic heterocycles. The molecule has 0 radical (unpaired) electrons. The number of hydrazone groups is 1. The Morgan fingerprint density at radius 3 is 2.52 bits per heavy atom. The van der Waals surface area contributed by atoms with Crippen molar-refractivity contribution in [3.05, 3.63) is 86.8 Å². The Bertz CT molecular complexity index is 1100. The van der Waals surface area contributed by atoms with Gasteiger partial charge in [0, 0.05) is 26.2 Å². The van der Waals surface area contributed by atoms with E-state index in [-0.39, 0.29) is 5.91 Å². The third-order valence-electron chi connectivity index (χ3n) is 4.33. The number of halogens is 2. The number of hydrogen-bond donors (Lipinski definition) is 1. The van der Waals surface area contributed by atoms with Crippen molar-refractivity contribution in [2.45, 2.75) is 6.61 Å². The minimum absolute atomic E-state index is 0.306. The summed E-state index contributed by atoms with van der Waals surface area (Å²) in [6.07, 6.45) is 1.52. The van der Waals surface area contributed by atoms with Gasteiger partial charge in [0.15, 0.2) is 11.5 Å². The van der Waals surface area contributed by atoms with E-state index in [1.54, 1.807) is 18.2 Å². The molecule has 0 bridgehead atoms. The van der Waals surface area contributed by atoms with E-state index in [4.69, 9.17) is 25.8 Å². The second-order valence-corrected chi connectivity index (χ2v) is 7.65. The molecule has 6 nitrogen and oxygen atoms in total. The summed E-state index contributed by atoms with van der Waals surface area (Å²) in [7, 11) is 3.04. The van der Waals surface area contributed by atoms with E-state index in [0.717, 1.165) is 10.0 Å². The number of nitrogens with one attached hydrogen (secondary N) is 1. The fourth-order valence-corrected chi connectivity index (χ4v) is 3.29. The number of carbonyl (C=O) groups is 1. The van der Waals surface area contributed by atoms with Crippen molar-refractivity contribution >= 4 is 39.7 Å². The van der Waals surface area contributed by atoms with Gasteiger partial charge in [-0.2, -0.15) is 5.10 Å². The van der Waals surface area contributed by atoms with E-state index < -0.39 is 0 Å². The standard InChI is InChI=1S/C23H20BrClN2O4/c1-29-21-9-7-15(12-22(21)30-2)23(28)27-26-13-17-11-18(24)8-10-20(17)31-14-16-5-3-4-6-19(16)25/h3-13H,14H2,1-2H3,(H,27,28)/b26-13+. The minimum atomic E-state index is -0.384. The highest BCUT2D eigenvalue weighted by atomic mass is 79.9. The molecule has 8 heteroatoms. The third-order valence-corrected chi connectivity index (χ3v) is 5.19. The Kier molecular flexibility index (Phi) is 7.92. The van der Waals surface area contributed by atoms with Gasteiger partial charge in [-0.1, -0.05) is 45.7 Å². The maximum absolute atomic E-state index is 12.4. The summed E-state index contributed by atoms with van der Waals surface area (Å²) in [5, 5.41) is 4.70. The van der Waals surface area contributed by atoms with Crippen molar-refractivity contribution in [2.75, 3.05) is 14.2 Å². The summed E-state index contributed by atoms with van der Waals surface area (Å²) in [5.41, 5.74) is 4.46. The first-order valence-electron chi connectivity index (χ1n) is 9.23. The lowest BCUT2D eigenvalue weighted by Gasteiger charge is -2.11. The zero-order chi connectivity index (χ0) is 22.2. The Hall–Kier alpha value is -3.03. The zero-order valence-corrected chi connectivity index (χ0v) is 19.2. The molecule has 1 amide bonds. The van der Waals surface area contributed by atoms with Crippen LogP contribution < -0.4 is 19.6 Å². The van der Waals surface area contributed by atoms with Crippen LogP contribution in [0.4, 0.5) is 0 Å².